The Balaban J connectivity index is -0.000000320. The van der Waals surface area contributed by atoms with Crippen molar-refractivity contribution < 1.29 is 105 Å². The normalized spacial score (nSPS) is 11.1. The maximum absolute atomic E-state index is 9.38. The van der Waals surface area contributed by atoms with Crippen LogP contribution >= 0.6 is 0 Å². The molecule has 0 atom stereocenters. The van der Waals surface area contributed by atoms with Crippen LogP contribution in [-0.2, 0) is 45.3 Å². The minimum Gasteiger partial charge on any atom is 4.00 e. The van der Waals surface area contributed by atoms with Crippen molar-refractivity contribution >= 4 is 23.9 Å². The van der Waals surface area contributed by atoms with Gasteiger partial charge in [0, 0.05) is 0 Å². The molecule has 0 aromatic rings. The largest absolute Gasteiger partial charge is 4.00 e. The molecule has 0 bridgehead atoms. The summed E-state index contributed by atoms with van der Waals surface area (Å²) in [5.41, 5.74) is 0. The predicted molar refractivity (Wildman–Crippen MR) is 9.59 cm³/mol. The van der Waals surface area contributed by atoms with Crippen LogP contribution in [0, 0.1) is 0 Å². The van der Waals surface area contributed by atoms with E-state index in [4.69, 9.17) is 0 Å². The molecule has 0 aromatic heterocycles. The third-order valence-electron chi connectivity index (χ3n) is 0.167. The van der Waals surface area contributed by atoms with Gasteiger partial charge in [-0.3, -0.25) is 0 Å². The van der Waals surface area contributed by atoms with Gasteiger partial charge in [-0.05, 0) is 0 Å². The zero-order valence-electron chi connectivity index (χ0n) is 5.17. The summed E-state index contributed by atoms with van der Waals surface area (Å²) in [6, 6.07) is 0. The van der Waals surface area contributed by atoms with Crippen LogP contribution in [0.15, 0.2) is 0 Å². The second kappa shape index (κ2) is 6.95. The Hall–Kier alpha value is 2.58. The van der Waals surface area contributed by atoms with Gasteiger partial charge < -0.3 is 0 Å². The summed E-state index contributed by atoms with van der Waals surface area (Å²) < 4.78 is 58.9. The summed E-state index contributed by atoms with van der Waals surface area (Å²) in [5, 5.41) is 0. The Morgan fingerprint density at radius 1 is 0.909 bits per heavy atom. The smallest absolute Gasteiger partial charge is 4.00 e. The van der Waals surface area contributed by atoms with Crippen molar-refractivity contribution in [2.75, 3.05) is 0 Å². The number of rotatable bonds is 2. The quantitative estimate of drug-likeness (QED) is 0.441. The van der Waals surface area contributed by atoms with Crippen LogP contribution in [0.3, 0.4) is 0 Å². The second-order valence-electron chi connectivity index (χ2n) is 0.885. The molecule has 11 heteroatoms. The van der Waals surface area contributed by atoms with E-state index in [0.717, 1.165) is 0 Å². The van der Waals surface area contributed by atoms with E-state index in [1.54, 1.807) is 0 Å². The molecule has 0 aliphatic carbocycles. The molecule has 0 saturated carbocycles. The van der Waals surface area contributed by atoms with E-state index < -0.39 is 27.2 Å². The van der Waals surface area contributed by atoms with Gasteiger partial charge in [0.15, 0.2) is 0 Å². The second-order valence-corrected chi connectivity index (χ2v) is 4.52. The molecular weight excluding hydrogens is 374 g/mol. The molecule has 0 N–H and O–H groups in total. The Morgan fingerprint density at radius 2 is 1.09 bits per heavy atom. The van der Waals surface area contributed by atoms with E-state index in [1.165, 1.54) is 0 Å². The van der Waals surface area contributed by atoms with Crippen molar-refractivity contribution in [3.8, 4) is 0 Å². The molecule has 0 fully saturated rings. The van der Waals surface area contributed by atoms with Gasteiger partial charge in [0.1, 0.15) is 0 Å². The third-order valence-corrected chi connectivity index (χ3v) is 2.83. The van der Waals surface area contributed by atoms with Crippen molar-refractivity contribution in [1.82, 2.24) is 0 Å². The van der Waals surface area contributed by atoms with Crippen LogP contribution < -0.4 is 59.7 Å². The summed E-state index contributed by atoms with van der Waals surface area (Å²) in [6.45, 7) is 0. The summed E-state index contributed by atoms with van der Waals surface area (Å²) in [5.74, 6) is 0. The van der Waals surface area contributed by atoms with E-state index in [9.17, 15) is 23.5 Å². The van der Waals surface area contributed by atoms with Crippen molar-refractivity contribution in [3.05, 3.63) is 0 Å². The van der Waals surface area contributed by atoms with Gasteiger partial charge in [0.25, 0.3) is 0 Å². The first-order valence-corrected chi connectivity index (χ1v) is 5.50. The SMILES string of the molecule is [K+].[O]=[Cr](=[O])([O-])[O][Cr](=[O])(=[O])[O-].[Sn+4]. The van der Waals surface area contributed by atoms with E-state index in [0.29, 0.717) is 0 Å². The average Bonchev–Trinajstić information content (AvgIpc) is 1.14. The number of hydrogen-bond donors (Lipinski definition) is 0. The third kappa shape index (κ3) is 19.1. The molecule has 11 heavy (non-hydrogen) atoms. The molecule has 0 rings (SSSR count). The zero-order valence-corrected chi connectivity index (χ0v) is 13.7. The molecule has 0 unspecified atom stereocenters. The van der Waals surface area contributed by atoms with Crippen LogP contribution in [0.25, 0.3) is 0 Å². The standard InChI is InChI=1S/2Cr.K.7O.Sn/q;;+1;;;;;;2*-1;+4. The fraction of sp³-hybridized carbons (Fsp3) is 0. The van der Waals surface area contributed by atoms with Crippen molar-refractivity contribution in [3.63, 3.8) is 0 Å². The van der Waals surface area contributed by atoms with Crippen LogP contribution in [-0.4, -0.2) is 23.9 Å². The summed E-state index contributed by atoms with van der Waals surface area (Å²) in [6.07, 6.45) is 0. The molecule has 0 saturated heterocycles. The van der Waals surface area contributed by atoms with Gasteiger partial charge in [0.05, 0.1) is 0 Å². The summed E-state index contributed by atoms with van der Waals surface area (Å²) >= 11 is -12.1. The van der Waals surface area contributed by atoms with Gasteiger partial charge in [-0.2, -0.15) is 0 Å². The Bertz CT molecular complexity index is 242. The zero-order chi connectivity index (χ0) is 7.71. The summed E-state index contributed by atoms with van der Waals surface area (Å²) in [4.78, 5) is 0. The maximum Gasteiger partial charge on any atom is 4.00 e. The molecule has 56 valence electrons. The average molecular weight is 374 g/mol. The van der Waals surface area contributed by atoms with E-state index in [2.05, 4.69) is 2.84 Å². The van der Waals surface area contributed by atoms with Crippen LogP contribution in [0.2, 0.25) is 0 Å². The Labute approximate surface area is 126 Å². The molecule has 0 aliphatic heterocycles. The maximum atomic E-state index is 9.38. The first-order chi connectivity index (χ1) is 3.71. The van der Waals surface area contributed by atoms with E-state index >= 15 is 0 Å². The van der Waals surface area contributed by atoms with Crippen LogP contribution in [0.5, 0.6) is 0 Å². The molecule has 7 nitrogen and oxygen atoms in total. The molecule has 0 amide bonds. The topological polar surface area (TPSA) is 124 Å². The first-order valence-electron chi connectivity index (χ1n) is 1.33. The fourth-order valence-corrected chi connectivity index (χ4v) is 1.74. The van der Waals surface area contributed by atoms with Crippen molar-refractivity contribution in [2.24, 2.45) is 0 Å². The molecule has 0 radical (unpaired) electrons. The van der Waals surface area contributed by atoms with Gasteiger partial charge in [0.2, 0.25) is 0 Å². The molecule has 0 aliphatic rings. The van der Waals surface area contributed by atoms with E-state index in [1.807, 2.05) is 0 Å². The molecule has 0 heterocycles. The van der Waals surface area contributed by atoms with Crippen molar-refractivity contribution in [1.29, 1.82) is 0 Å². The van der Waals surface area contributed by atoms with Gasteiger partial charge in [-0.1, -0.05) is 0 Å². The Kier molecular flexibility index (Phi) is 12.1. The molecular formula is Cr2KO7Sn+3. The minimum atomic E-state index is -6.07. The van der Waals surface area contributed by atoms with Gasteiger partial charge >= 0.3 is 129 Å². The monoisotopic (exact) mass is 375 g/mol. The summed E-state index contributed by atoms with van der Waals surface area (Å²) in [7, 11) is 0. The predicted octanol–water partition coefficient (Wildman–Crippen LogP) is -6.30. The van der Waals surface area contributed by atoms with Crippen LogP contribution in [0.4, 0.5) is 0 Å². The minimum absolute atomic E-state index is 0. The van der Waals surface area contributed by atoms with Crippen molar-refractivity contribution in [2.45, 2.75) is 0 Å². The Morgan fingerprint density at radius 3 is 1.09 bits per heavy atom. The van der Waals surface area contributed by atoms with Gasteiger partial charge in [-0.25, -0.2) is 0 Å². The first kappa shape index (κ1) is 19.2. The van der Waals surface area contributed by atoms with E-state index in [-0.39, 0.29) is 75.3 Å². The van der Waals surface area contributed by atoms with Gasteiger partial charge in [-0.15, -0.1) is 0 Å². The number of hydrogen-bond acceptors (Lipinski definition) is 7. The fourth-order valence-electron chi connectivity index (χ4n) is 0.102. The molecule has 0 aromatic carbocycles. The van der Waals surface area contributed by atoms with Crippen LogP contribution in [0.1, 0.15) is 0 Å². The molecule has 0 spiro atoms.